The average molecular weight is 576 g/mol. The van der Waals surface area contributed by atoms with E-state index in [2.05, 4.69) is 59.4 Å². The summed E-state index contributed by atoms with van der Waals surface area (Å²) in [5.41, 5.74) is 4.50. The van der Waals surface area contributed by atoms with Crippen LogP contribution in [0.2, 0.25) is 0 Å². The lowest BCUT2D eigenvalue weighted by molar-refractivity contribution is -0.141. The third-order valence-electron chi connectivity index (χ3n) is 7.51. The lowest BCUT2D eigenvalue weighted by atomic mass is 9.99. The molecule has 4 nitrogen and oxygen atoms in total. The van der Waals surface area contributed by atoms with E-state index in [1.165, 1.54) is 5.56 Å². The first-order valence-electron chi connectivity index (χ1n) is 13.9. The van der Waals surface area contributed by atoms with Crippen LogP contribution in [0.4, 0.5) is 0 Å². The molecule has 0 unspecified atom stereocenters. The number of amides is 2. The van der Waals surface area contributed by atoms with Crippen molar-refractivity contribution in [2.24, 2.45) is 0 Å². The van der Waals surface area contributed by atoms with Crippen molar-refractivity contribution < 1.29 is 9.59 Å². The summed E-state index contributed by atoms with van der Waals surface area (Å²) in [6.45, 7) is 4.76. The SMILES string of the molecule is CC(C)c1ccc(CCC(=O)N(Cc2ccc(Br)cc2)[C@H](Cc2ccccc2)C(=O)NC2CCCC2)cc1. The molecule has 200 valence electrons. The van der Waals surface area contributed by atoms with E-state index in [0.29, 0.717) is 31.7 Å². The molecular formula is C33H39BrN2O2. The molecule has 0 aliphatic heterocycles. The molecular weight excluding hydrogens is 536 g/mol. The van der Waals surface area contributed by atoms with Gasteiger partial charge in [-0.2, -0.15) is 0 Å². The van der Waals surface area contributed by atoms with Crippen molar-refractivity contribution in [1.82, 2.24) is 10.2 Å². The van der Waals surface area contributed by atoms with Crippen LogP contribution in [0.1, 0.15) is 74.1 Å². The number of carbonyl (C=O) groups excluding carboxylic acids is 2. The number of benzene rings is 3. The molecule has 1 aliphatic rings. The van der Waals surface area contributed by atoms with Crippen molar-refractivity contribution in [3.63, 3.8) is 0 Å². The first-order chi connectivity index (χ1) is 18.4. The van der Waals surface area contributed by atoms with Crippen LogP contribution in [0.25, 0.3) is 0 Å². The first-order valence-corrected chi connectivity index (χ1v) is 14.7. The highest BCUT2D eigenvalue weighted by molar-refractivity contribution is 9.10. The topological polar surface area (TPSA) is 49.4 Å². The van der Waals surface area contributed by atoms with E-state index in [0.717, 1.165) is 46.8 Å². The number of nitrogens with one attached hydrogen (secondary N) is 1. The van der Waals surface area contributed by atoms with Gasteiger partial charge in [0.1, 0.15) is 6.04 Å². The van der Waals surface area contributed by atoms with E-state index < -0.39 is 6.04 Å². The number of halogens is 1. The number of aryl methyl sites for hydroxylation is 1. The van der Waals surface area contributed by atoms with Gasteiger partial charge in [-0.3, -0.25) is 9.59 Å². The summed E-state index contributed by atoms with van der Waals surface area (Å²) in [6.07, 6.45) is 5.81. The maximum Gasteiger partial charge on any atom is 0.243 e. The zero-order chi connectivity index (χ0) is 26.9. The molecule has 0 bridgehead atoms. The van der Waals surface area contributed by atoms with Crippen molar-refractivity contribution in [2.45, 2.75) is 83.3 Å². The van der Waals surface area contributed by atoms with E-state index in [9.17, 15) is 9.59 Å². The Balaban J connectivity index is 1.58. The van der Waals surface area contributed by atoms with Gasteiger partial charge in [0.15, 0.2) is 0 Å². The highest BCUT2D eigenvalue weighted by Crippen LogP contribution is 2.22. The van der Waals surface area contributed by atoms with Crippen LogP contribution in [-0.2, 0) is 29.0 Å². The van der Waals surface area contributed by atoms with Gasteiger partial charge in [0.25, 0.3) is 0 Å². The Bertz CT molecular complexity index is 1170. The maximum absolute atomic E-state index is 13.9. The Morgan fingerprint density at radius 3 is 2.13 bits per heavy atom. The fourth-order valence-electron chi connectivity index (χ4n) is 5.17. The number of nitrogens with zero attached hydrogens (tertiary/aromatic N) is 1. The Labute approximate surface area is 236 Å². The van der Waals surface area contributed by atoms with Gasteiger partial charge < -0.3 is 10.2 Å². The Kier molecular flexibility index (Phi) is 10.2. The minimum absolute atomic E-state index is 0.00311. The summed E-state index contributed by atoms with van der Waals surface area (Å²) in [7, 11) is 0. The smallest absolute Gasteiger partial charge is 0.243 e. The second-order valence-corrected chi connectivity index (χ2v) is 11.7. The molecule has 3 aromatic rings. The third-order valence-corrected chi connectivity index (χ3v) is 8.04. The number of hydrogen-bond donors (Lipinski definition) is 1. The molecule has 0 radical (unpaired) electrons. The van der Waals surface area contributed by atoms with Gasteiger partial charge in [-0.15, -0.1) is 0 Å². The van der Waals surface area contributed by atoms with Crippen LogP contribution in [0.5, 0.6) is 0 Å². The number of hydrogen-bond acceptors (Lipinski definition) is 2. The first kappa shape index (κ1) is 28.1. The van der Waals surface area contributed by atoms with Crippen molar-refractivity contribution >= 4 is 27.7 Å². The molecule has 2 amide bonds. The summed E-state index contributed by atoms with van der Waals surface area (Å²) in [4.78, 5) is 29.4. The second-order valence-electron chi connectivity index (χ2n) is 10.7. The molecule has 1 fully saturated rings. The van der Waals surface area contributed by atoms with E-state index in [-0.39, 0.29) is 17.9 Å². The standard InChI is InChI=1S/C33H39BrN2O2/c1-24(2)28-17-12-25(13-18-28)16-21-32(37)36(23-27-14-19-29(34)20-15-27)31(22-26-8-4-3-5-9-26)33(38)35-30-10-6-7-11-30/h3-5,8-9,12-15,17-20,24,30-31H,6-7,10-11,16,21-23H2,1-2H3,(H,35,38)/t31-/m1/s1. The van der Waals surface area contributed by atoms with Gasteiger partial charge >= 0.3 is 0 Å². The molecule has 5 heteroatoms. The normalized spacial score (nSPS) is 14.4. The van der Waals surface area contributed by atoms with Crippen LogP contribution in [0.15, 0.2) is 83.3 Å². The summed E-state index contributed by atoms with van der Waals surface area (Å²) < 4.78 is 0.990. The average Bonchev–Trinajstić information content (AvgIpc) is 3.44. The molecule has 4 rings (SSSR count). The molecule has 3 aromatic carbocycles. The number of rotatable bonds is 11. The quantitative estimate of drug-likeness (QED) is 0.263. The minimum Gasteiger partial charge on any atom is -0.352 e. The highest BCUT2D eigenvalue weighted by Gasteiger charge is 2.32. The van der Waals surface area contributed by atoms with Gasteiger partial charge in [-0.25, -0.2) is 0 Å². The van der Waals surface area contributed by atoms with Crippen molar-refractivity contribution in [1.29, 1.82) is 0 Å². The van der Waals surface area contributed by atoms with Gasteiger partial charge in [-0.05, 0) is 59.6 Å². The van der Waals surface area contributed by atoms with Gasteiger partial charge in [0.2, 0.25) is 11.8 Å². The lowest BCUT2D eigenvalue weighted by Gasteiger charge is -2.32. The molecule has 1 aliphatic carbocycles. The minimum atomic E-state index is -0.572. The Hall–Kier alpha value is -2.92. The van der Waals surface area contributed by atoms with E-state index in [4.69, 9.17) is 0 Å². The van der Waals surface area contributed by atoms with Crippen molar-refractivity contribution in [3.05, 3.63) is 106 Å². The van der Waals surface area contributed by atoms with Crippen molar-refractivity contribution in [2.75, 3.05) is 0 Å². The lowest BCUT2D eigenvalue weighted by Crippen LogP contribution is -2.52. The largest absolute Gasteiger partial charge is 0.352 e. The zero-order valence-electron chi connectivity index (χ0n) is 22.5. The molecule has 1 saturated carbocycles. The predicted molar refractivity (Wildman–Crippen MR) is 158 cm³/mol. The summed E-state index contributed by atoms with van der Waals surface area (Å²) in [5.74, 6) is 0.431. The zero-order valence-corrected chi connectivity index (χ0v) is 24.1. The van der Waals surface area contributed by atoms with Crippen LogP contribution in [-0.4, -0.2) is 28.8 Å². The van der Waals surface area contributed by atoms with E-state index in [1.807, 2.05) is 59.5 Å². The fraction of sp³-hybridized carbons (Fsp3) is 0.394. The fourth-order valence-corrected chi connectivity index (χ4v) is 5.44. The molecule has 0 aromatic heterocycles. The van der Waals surface area contributed by atoms with Crippen LogP contribution >= 0.6 is 15.9 Å². The molecule has 0 heterocycles. The molecule has 1 atom stereocenters. The Morgan fingerprint density at radius 2 is 1.50 bits per heavy atom. The monoisotopic (exact) mass is 574 g/mol. The maximum atomic E-state index is 13.9. The summed E-state index contributed by atoms with van der Waals surface area (Å²) in [6, 6.07) is 26.2. The van der Waals surface area contributed by atoms with Crippen LogP contribution < -0.4 is 5.32 Å². The Morgan fingerprint density at radius 1 is 0.868 bits per heavy atom. The van der Waals surface area contributed by atoms with E-state index in [1.54, 1.807) is 0 Å². The van der Waals surface area contributed by atoms with Crippen LogP contribution in [0, 0.1) is 0 Å². The predicted octanol–water partition coefficient (Wildman–Crippen LogP) is 7.20. The summed E-state index contributed by atoms with van der Waals surface area (Å²) in [5, 5.41) is 3.28. The highest BCUT2D eigenvalue weighted by atomic mass is 79.9. The molecule has 38 heavy (non-hydrogen) atoms. The molecule has 0 saturated heterocycles. The third kappa shape index (κ3) is 8.04. The van der Waals surface area contributed by atoms with Gasteiger partial charge in [-0.1, -0.05) is 109 Å². The van der Waals surface area contributed by atoms with Crippen molar-refractivity contribution in [3.8, 4) is 0 Å². The molecule has 0 spiro atoms. The molecule has 1 N–H and O–H groups in total. The second kappa shape index (κ2) is 13.7. The summed E-state index contributed by atoms with van der Waals surface area (Å²) >= 11 is 3.51. The van der Waals surface area contributed by atoms with Gasteiger partial charge in [0.05, 0.1) is 0 Å². The van der Waals surface area contributed by atoms with Crippen LogP contribution in [0.3, 0.4) is 0 Å². The van der Waals surface area contributed by atoms with E-state index >= 15 is 0 Å². The number of carbonyl (C=O) groups is 2. The van der Waals surface area contributed by atoms with Gasteiger partial charge in [0, 0.05) is 29.9 Å².